The Hall–Kier alpha value is -2.32. The largest absolute Gasteiger partial charge is 0.478 e. The van der Waals surface area contributed by atoms with Crippen LogP contribution >= 0.6 is 11.9 Å². The number of ether oxygens (including phenoxy) is 1. The third kappa shape index (κ3) is 4.33. The highest BCUT2D eigenvalue weighted by molar-refractivity contribution is 7.97. The average Bonchev–Trinajstić information content (AvgIpc) is 3.27. The van der Waals surface area contributed by atoms with E-state index in [4.69, 9.17) is 14.8 Å². The molecule has 0 atom stereocenters. The molecule has 0 bridgehead atoms. The molecule has 1 aliphatic heterocycles. The van der Waals surface area contributed by atoms with Crippen molar-refractivity contribution in [3.63, 3.8) is 0 Å². The van der Waals surface area contributed by atoms with Crippen LogP contribution in [0.2, 0.25) is 0 Å². The highest BCUT2D eigenvalue weighted by Crippen LogP contribution is 2.31. The van der Waals surface area contributed by atoms with Gasteiger partial charge in [0.15, 0.2) is 0 Å². The van der Waals surface area contributed by atoms with Gasteiger partial charge in [-0.15, -0.1) is 0 Å². The van der Waals surface area contributed by atoms with Crippen LogP contribution in [0.15, 0.2) is 35.5 Å². The number of carbonyl (C=O) groups is 1. The molecule has 4 rings (SSSR count). The van der Waals surface area contributed by atoms with Gasteiger partial charge in [-0.3, -0.25) is 0 Å². The fourth-order valence-electron chi connectivity index (χ4n) is 3.68. The molecule has 0 spiro atoms. The molecule has 1 N–H and O–H groups in total. The standard InChI is InChI=1S/C21H26N4O3S/c1-21(2,3)20-23-17-10-16(29-25-13-15(11-22-25)19(26)27)4-5-18(17)24(20)12-14-6-8-28-9-7-14/h4-5,10-11,13-14H,6-9,12H2,1-3H3,(H,26,27). The van der Waals surface area contributed by atoms with Crippen molar-refractivity contribution in [2.75, 3.05) is 13.2 Å². The van der Waals surface area contributed by atoms with E-state index in [1.807, 2.05) is 6.07 Å². The number of rotatable bonds is 5. The number of imidazole rings is 1. The number of aromatic nitrogens is 4. The smallest absolute Gasteiger partial charge is 0.338 e. The minimum atomic E-state index is -0.978. The highest BCUT2D eigenvalue weighted by Gasteiger charge is 2.25. The summed E-state index contributed by atoms with van der Waals surface area (Å²) in [7, 11) is 0. The molecular formula is C21H26N4O3S. The number of benzene rings is 1. The van der Waals surface area contributed by atoms with Crippen molar-refractivity contribution in [3.05, 3.63) is 42.0 Å². The summed E-state index contributed by atoms with van der Waals surface area (Å²) in [6.07, 6.45) is 5.04. The number of carboxylic acid groups (broad SMARTS) is 1. The van der Waals surface area contributed by atoms with Crippen LogP contribution in [0.5, 0.6) is 0 Å². The van der Waals surface area contributed by atoms with Gasteiger partial charge in [0.25, 0.3) is 0 Å². The average molecular weight is 415 g/mol. The van der Waals surface area contributed by atoms with Gasteiger partial charge in [0.1, 0.15) is 5.82 Å². The van der Waals surface area contributed by atoms with Crippen LogP contribution in [0.1, 0.15) is 49.8 Å². The lowest BCUT2D eigenvalue weighted by atomic mass is 9.94. The Morgan fingerprint density at radius 3 is 2.72 bits per heavy atom. The number of carboxylic acids is 1. The van der Waals surface area contributed by atoms with Crippen molar-refractivity contribution in [1.82, 2.24) is 18.7 Å². The molecule has 1 aromatic carbocycles. The SMILES string of the molecule is CC(C)(C)c1nc2cc(Sn3cc(C(=O)O)cn3)ccc2n1CC1CCOCC1. The van der Waals surface area contributed by atoms with Gasteiger partial charge in [-0.05, 0) is 37.0 Å². The van der Waals surface area contributed by atoms with E-state index in [1.54, 1.807) is 4.09 Å². The quantitative estimate of drug-likeness (QED) is 0.673. The van der Waals surface area contributed by atoms with Gasteiger partial charge in [-0.25, -0.2) is 13.9 Å². The molecule has 3 heterocycles. The normalized spacial score (nSPS) is 15.8. The first kappa shape index (κ1) is 20.0. The molecule has 154 valence electrons. The molecule has 0 unspecified atom stereocenters. The highest BCUT2D eigenvalue weighted by atomic mass is 32.2. The lowest BCUT2D eigenvalue weighted by Crippen LogP contribution is -2.25. The lowest BCUT2D eigenvalue weighted by Gasteiger charge is -2.26. The van der Waals surface area contributed by atoms with Crippen molar-refractivity contribution in [2.24, 2.45) is 5.92 Å². The summed E-state index contributed by atoms with van der Waals surface area (Å²) in [4.78, 5) is 17.0. The molecule has 3 aromatic rings. The Labute approximate surface area is 174 Å². The number of fused-ring (bicyclic) bond motifs is 1. The molecule has 7 nitrogen and oxygen atoms in total. The van der Waals surface area contributed by atoms with Crippen molar-refractivity contribution in [1.29, 1.82) is 0 Å². The predicted molar refractivity (Wildman–Crippen MR) is 112 cm³/mol. The summed E-state index contributed by atoms with van der Waals surface area (Å²) < 4.78 is 9.46. The minimum absolute atomic E-state index is 0.0597. The first-order valence-corrected chi connectivity index (χ1v) is 10.6. The number of hydrogen-bond donors (Lipinski definition) is 1. The summed E-state index contributed by atoms with van der Waals surface area (Å²) in [5.41, 5.74) is 2.21. The third-order valence-electron chi connectivity index (χ3n) is 5.18. The summed E-state index contributed by atoms with van der Waals surface area (Å²) in [5.74, 6) is 0.720. The van der Waals surface area contributed by atoms with E-state index >= 15 is 0 Å². The molecule has 29 heavy (non-hydrogen) atoms. The van der Waals surface area contributed by atoms with Gasteiger partial charge in [0.05, 0.1) is 29.0 Å². The lowest BCUT2D eigenvalue weighted by molar-refractivity contribution is 0.0611. The van der Waals surface area contributed by atoms with E-state index < -0.39 is 5.97 Å². The van der Waals surface area contributed by atoms with E-state index in [2.05, 4.69) is 42.6 Å². The van der Waals surface area contributed by atoms with Gasteiger partial charge < -0.3 is 14.4 Å². The molecule has 1 fully saturated rings. The maximum Gasteiger partial charge on any atom is 0.338 e. The second kappa shape index (κ2) is 7.84. The second-order valence-corrected chi connectivity index (χ2v) is 9.56. The van der Waals surface area contributed by atoms with Crippen LogP contribution in [0.4, 0.5) is 0 Å². The molecule has 0 radical (unpaired) electrons. The summed E-state index contributed by atoms with van der Waals surface area (Å²) in [5, 5.41) is 13.2. The number of aromatic carboxylic acids is 1. The van der Waals surface area contributed by atoms with Crippen molar-refractivity contribution in [3.8, 4) is 0 Å². The van der Waals surface area contributed by atoms with Crippen LogP contribution in [0.25, 0.3) is 11.0 Å². The molecule has 0 aliphatic carbocycles. The monoisotopic (exact) mass is 414 g/mol. The molecule has 1 aliphatic rings. The zero-order chi connectivity index (χ0) is 20.6. The predicted octanol–water partition coefficient (Wildman–Crippen LogP) is 4.21. The number of nitrogens with zero attached hydrogens (tertiary/aromatic N) is 4. The van der Waals surface area contributed by atoms with Gasteiger partial charge in [0, 0.05) is 42.0 Å². The van der Waals surface area contributed by atoms with E-state index in [1.165, 1.54) is 24.3 Å². The van der Waals surface area contributed by atoms with Crippen molar-refractivity contribution < 1.29 is 14.6 Å². The van der Waals surface area contributed by atoms with Gasteiger partial charge in [-0.1, -0.05) is 20.8 Å². The Kier molecular flexibility index (Phi) is 5.40. The first-order chi connectivity index (χ1) is 13.8. The maximum atomic E-state index is 11.1. The zero-order valence-electron chi connectivity index (χ0n) is 17.0. The summed E-state index contributed by atoms with van der Waals surface area (Å²) in [6.45, 7) is 9.22. The Morgan fingerprint density at radius 2 is 2.07 bits per heavy atom. The van der Waals surface area contributed by atoms with E-state index in [-0.39, 0.29) is 11.0 Å². The fourth-order valence-corrected chi connectivity index (χ4v) is 4.45. The first-order valence-electron chi connectivity index (χ1n) is 9.86. The zero-order valence-corrected chi connectivity index (χ0v) is 17.8. The summed E-state index contributed by atoms with van der Waals surface area (Å²) >= 11 is 1.38. The Morgan fingerprint density at radius 1 is 1.31 bits per heavy atom. The van der Waals surface area contributed by atoms with Crippen LogP contribution in [-0.2, 0) is 16.7 Å². The Bertz CT molecular complexity index is 1030. The second-order valence-electron chi connectivity index (χ2n) is 8.53. The number of hydrogen-bond acceptors (Lipinski definition) is 5. The summed E-state index contributed by atoms with van der Waals surface area (Å²) in [6, 6.07) is 6.21. The molecule has 0 amide bonds. The van der Waals surface area contributed by atoms with Gasteiger partial charge >= 0.3 is 5.97 Å². The van der Waals surface area contributed by atoms with Crippen LogP contribution in [-0.4, -0.2) is 43.0 Å². The van der Waals surface area contributed by atoms with Crippen LogP contribution < -0.4 is 0 Å². The Balaban J connectivity index is 1.66. The molecule has 2 aromatic heterocycles. The topological polar surface area (TPSA) is 82.2 Å². The van der Waals surface area contributed by atoms with Crippen LogP contribution in [0, 0.1) is 5.92 Å². The molecule has 1 saturated heterocycles. The molecule has 0 saturated carbocycles. The van der Waals surface area contributed by atoms with E-state index in [0.29, 0.717) is 5.92 Å². The third-order valence-corrected chi connectivity index (χ3v) is 6.03. The van der Waals surface area contributed by atoms with Gasteiger partial charge in [0.2, 0.25) is 0 Å². The molecular weight excluding hydrogens is 388 g/mol. The fraction of sp³-hybridized carbons (Fsp3) is 0.476. The molecule has 8 heteroatoms. The van der Waals surface area contributed by atoms with E-state index in [0.717, 1.165) is 54.4 Å². The maximum absolute atomic E-state index is 11.1. The van der Waals surface area contributed by atoms with Crippen molar-refractivity contribution >= 4 is 29.0 Å². The van der Waals surface area contributed by atoms with Crippen molar-refractivity contribution in [2.45, 2.75) is 50.5 Å². The van der Waals surface area contributed by atoms with E-state index in [9.17, 15) is 4.79 Å². The van der Waals surface area contributed by atoms with Gasteiger partial charge in [-0.2, -0.15) is 5.10 Å². The van der Waals surface area contributed by atoms with Crippen LogP contribution in [0.3, 0.4) is 0 Å². The minimum Gasteiger partial charge on any atom is -0.478 e.